The van der Waals surface area contributed by atoms with Crippen molar-refractivity contribution in [2.45, 2.75) is 32.4 Å². The Kier molecular flexibility index (Phi) is 5.73. The molecule has 1 saturated heterocycles. The number of carbonyl (C=O) groups is 1. The van der Waals surface area contributed by atoms with Crippen LogP contribution in [-0.4, -0.2) is 53.3 Å². The zero-order chi connectivity index (χ0) is 15.2. The zero-order valence-corrected chi connectivity index (χ0v) is 12.4. The fraction of sp³-hybridized carbons (Fsp3) is 0.562. The first-order valence-electron chi connectivity index (χ1n) is 7.38. The standard InChI is InChI=1S/C16H23NO4/c1-12(19)13-2-3-16(20)14(10-13)11-17-6-4-15(5-7-17)21-9-8-18/h2-3,10,15,18,20H,4-9,11H2,1H3. The fourth-order valence-electron chi connectivity index (χ4n) is 2.63. The number of ketones is 1. The number of rotatable bonds is 6. The third kappa shape index (κ3) is 4.52. The van der Waals surface area contributed by atoms with Gasteiger partial charge in [-0.25, -0.2) is 0 Å². The Labute approximate surface area is 125 Å². The number of aliphatic hydroxyl groups is 1. The van der Waals surface area contributed by atoms with Gasteiger partial charge in [0.05, 0.1) is 19.3 Å². The lowest BCUT2D eigenvalue weighted by Crippen LogP contribution is -2.36. The molecule has 0 saturated carbocycles. The summed E-state index contributed by atoms with van der Waals surface area (Å²) >= 11 is 0. The maximum Gasteiger partial charge on any atom is 0.159 e. The molecule has 1 aliphatic heterocycles. The molecule has 1 aromatic rings. The minimum atomic E-state index is 0.00682. The molecule has 2 N–H and O–H groups in total. The van der Waals surface area contributed by atoms with Gasteiger partial charge in [0, 0.05) is 30.8 Å². The fourth-order valence-corrected chi connectivity index (χ4v) is 2.63. The van der Waals surface area contributed by atoms with Gasteiger partial charge in [-0.2, -0.15) is 0 Å². The molecule has 21 heavy (non-hydrogen) atoms. The number of aromatic hydroxyl groups is 1. The molecule has 1 aromatic carbocycles. The van der Waals surface area contributed by atoms with Crippen LogP contribution in [0.15, 0.2) is 18.2 Å². The molecule has 0 aliphatic carbocycles. The van der Waals surface area contributed by atoms with Crippen LogP contribution in [0.5, 0.6) is 5.75 Å². The van der Waals surface area contributed by atoms with E-state index in [-0.39, 0.29) is 24.2 Å². The van der Waals surface area contributed by atoms with Crippen LogP contribution in [0, 0.1) is 0 Å². The van der Waals surface area contributed by atoms with Gasteiger partial charge in [0.15, 0.2) is 5.78 Å². The van der Waals surface area contributed by atoms with E-state index in [1.165, 1.54) is 6.92 Å². The molecule has 1 aliphatic rings. The Hall–Kier alpha value is -1.43. The molecule has 0 aromatic heterocycles. The van der Waals surface area contributed by atoms with Gasteiger partial charge in [0.1, 0.15) is 5.75 Å². The van der Waals surface area contributed by atoms with Crippen molar-refractivity contribution in [1.82, 2.24) is 4.90 Å². The number of ether oxygens (including phenoxy) is 1. The van der Waals surface area contributed by atoms with Crippen molar-refractivity contribution in [3.05, 3.63) is 29.3 Å². The molecule has 5 nitrogen and oxygen atoms in total. The summed E-state index contributed by atoms with van der Waals surface area (Å²) < 4.78 is 5.53. The van der Waals surface area contributed by atoms with E-state index >= 15 is 0 Å². The second-order valence-corrected chi connectivity index (χ2v) is 5.47. The smallest absolute Gasteiger partial charge is 0.159 e. The Morgan fingerprint density at radius 3 is 2.71 bits per heavy atom. The molecule has 0 unspecified atom stereocenters. The number of benzene rings is 1. The van der Waals surface area contributed by atoms with E-state index in [0.29, 0.717) is 18.7 Å². The molecule has 5 heteroatoms. The highest BCUT2D eigenvalue weighted by atomic mass is 16.5. The summed E-state index contributed by atoms with van der Waals surface area (Å²) in [6.45, 7) is 4.40. The SMILES string of the molecule is CC(=O)c1ccc(O)c(CN2CCC(OCCO)CC2)c1. The largest absolute Gasteiger partial charge is 0.508 e. The molecule has 0 amide bonds. The first-order valence-corrected chi connectivity index (χ1v) is 7.38. The Morgan fingerprint density at radius 1 is 1.38 bits per heavy atom. The van der Waals surface area contributed by atoms with Crippen LogP contribution in [0.4, 0.5) is 0 Å². The summed E-state index contributed by atoms with van der Waals surface area (Å²) in [4.78, 5) is 13.7. The monoisotopic (exact) mass is 293 g/mol. The number of phenolic OH excluding ortho intramolecular Hbond substituents is 1. The first-order chi connectivity index (χ1) is 10.1. The van der Waals surface area contributed by atoms with Crippen LogP contribution >= 0.6 is 0 Å². The predicted octanol–water partition coefficient (Wildman–Crippen LogP) is 1.57. The number of hydrogen-bond acceptors (Lipinski definition) is 5. The van der Waals surface area contributed by atoms with Gasteiger partial charge in [0.25, 0.3) is 0 Å². The second-order valence-electron chi connectivity index (χ2n) is 5.47. The second kappa shape index (κ2) is 7.54. The van der Waals surface area contributed by atoms with Crippen LogP contribution in [0.2, 0.25) is 0 Å². The highest BCUT2D eigenvalue weighted by Gasteiger charge is 2.20. The van der Waals surface area contributed by atoms with Crippen molar-refractivity contribution in [1.29, 1.82) is 0 Å². The molecule has 0 bridgehead atoms. The number of aliphatic hydroxyl groups excluding tert-OH is 1. The van der Waals surface area contributed by atoms with E-state index in [1.54, 1.807) is 18.2 Å². The molecule has 0 atom stereocenters. The first kappa shape index (κ1) is 15.9. The van der Waals surface area contributed by atoms with E-state index in [9.17, 15) is 9.90 Å². The van der Waals surface area contributed by atoms with Crippen LogP contribution in [0.25, 0.3) is 0 Å². The summed E-state index contributed by atoms with van der Waals surface area (Å²) in [6, 6.07) is 5.01. The number of likely N-dealkylation sites (tertiary alicyclic amines) is 1. The van der Waals surface area contributed by atoms with Crippen molar-refractivity contribution in [3.63, 3.8) is 0 Å². The molecule has 2 rings (SSSR count). The van der Waals surface area contributed by atoms with E-state index in [0.717, 1.165) is 31.5 Å². The van der Waals surface area contributed by atoms with Crippen molar-refractivity contribution in [2.24, 2.45) is 0 Å². The van der Waals surface area contributed by atoms with E-state index < -0.39 is 0 Å². The van der Waals surface area contributed by atoms with Crippen molar-refractivity contribution in [3.8, 4) is 5.75 Å². The maximum absolute atomic E-state index is 11.4. The molecule has 0 spiro atoms. The van der Waals surface area contributed by atoms with Crippen LogP contribution < -0.4 is 0 Å². The maximum atomic E-state index is 11.4. The Morgan fingerprint density at radius 2 is 2.10 bits per heavy atom. The van der Waals surface area contributed by atoms with Crippen LogP contribution in [-0.2, 0) is 11.3 Å². The summed E-state index contributed by atoms with van der Waals surface area (Å²) in [5.74, 6) is 0.242. The summed E-state index contributed by atoms with van der Waals surface area (Å²) in [7, 11) is 0. The summed E-state index contributed by atoms with van der Waals surface area (Å²) in [6.07, 6.45) is 2.06. The third-order valence-electron chi connectivity index (χ3n) is 3.86. The topological polar surface area (TPSA) is 70.0 Å². The molecular weight excluding hydrogens is 270 g/mol. The summed E-state index contributed by atoms with van der Waals surface area (Å²) in [5, 5.41) is 18.7. The van der Waals surface area contributed by atoms with E-state index in [2.05, 4.69) is 4.90 Å². The highest BCUT2D eigenvalue weighted by Crippen LogP contribution is 2.23. The van der Waals surface area contributed by atoms with Gasteiger partial charge in [-0.3, -0.25) is 9.69 Å². The lowest BCUT2D eigenvalue weighted by molar-refractivity contribution is -0.00909. The predicted molar refractivity (Wildman–Crippen MR) is 79.4 cm³/mol. The van der Waals surface area contributed by atoms with Crippen molar-refractivity contribution in [2.75, 3.05) is 26.3 Å². The number of nitrogens with zero attached hydrogens (tertiary/aromatic N) is 1. The van der Waals surface area contributed by atoms with Gasteiger partial charge in [0.2, 0.25) is 0 Å². The lowest BCUT2D eigenvalue weighted by Gasteiger charge is -2.32. The van der Waals surface area contributed by atoms with E-state index in [1.807, 2.05) is 0 Å². The minimum absolute atomic E-state index is 0.00682. The van der Waals surface area contributed by atoms with Crippen LogP contribution in [0.3, 0.4) is 0 Å². The number of phenols is 1. The van der Waals surface area contributed by atoms with Crippen LogP contribution in [0.1, 0.15) is 35.7 Å². The molecular formula is C16H23NO4. The number of piperidine rings is 1. The normalized spacial score (nSPS) is 17.0. The Balaban J connectivity index is 1.91. The quantitative estimate of drug-likeness (QED) is 0.779. The van der Waals surface area contributed by atoms with Gasteiger partial charge >= 0.3 is 0 Å². The minimum Gasteiger partial charge on any atom is -0.508 e. The number of hydrogen-bond donors (Lipinski definition) is 2. The highest BCUT2D eigenvalue weighted by molar-refractivity contribution is 5.94. The van der Waals surface area contributed by atoms with Gasteiger partial charge < -0.3 is 14.9 Å². The average molecular weight is 293 g/mol. The average Bonchev–Trinajstić information content (AvgIpc) is 2.48. The lowest BCUT2D eigenvalue weighted by atomic mass is 10.0. The summed E-state index contributed by atoms with van der Waals surface area (Å²) in [5.41, 5.74) is 1.42. The third-order valence-corrected chi connectivity index (χ3v) is 3.86. The zero-order valence-electron chi connectivity index (χ0n) is 12.4. The van der Waals surface area contributed by atoms with Crippen molar-refractivity contribution < 1.29 is 19.7 Å². The van der Waals surface area contributed by atoms with Gasteiger partial charge in [-0.15, -0.1) is 0 Å². The number of Topliss-reactive ketones (excluding diaryl/α,β-unsaturated/α-hetero) is 1. The number of carbonyl (C=O) groups excluding carboxylic acids is 1. The molecule has 1 fully saturated rings. The van der Waals surface area contributed by atoms with Gasteiger partial charge in [-0.05, 0) is 38.0 Å². The van der Waals surface area contributed by atoms with Crippen molar-refractivity contribution >= 4 is 5.78 Å². The molecule has 116 valence electrons. The molecule has 1 heterocycles. The van der Waals surface area contributed by atoms with E-state index in [4.69, 9.17) is 9.84 Å². The molecule has 0 radical (unpaired) electrons. The Bertz CT molecular complexity index is 481. The van der Waals surface area contributed by atoms with Gasteiger partial charge in [-0.1, -0.05) is 0 Å².